The number of carbonyl (C=O) groups excluding carboxylic acids is 1. The Labute approximate surface area is 112 Å². The summed E-state index contributed by atoms with van der Waals surface area (Å²) in [5.74, 6) is 0. The first-order valence-electron chi connectivity index (χ1n) is 6.10. The normalized spacial score (nSPS) is 10.4. The molecule has 0 fully saturated rings. The zero-order chi connectivity index (χ0) is 12.8. The van der Waals surface area contributed by atoms with E-state index in [1.165, 1.54) is 22.5 Å². The van der Waals surface area contributed by atoms with Crippen LogP contribution in [0.25, 0.3) is 10.8 Å². The number of hydrogen-bond donors (Lipinski definition) is 0. The van der Waals surface area contributed by atoms with Gasteiger partial charge >= 0.3 is 0 Å². The zero-order valence-corrected chi connectivity index (χ0v) is 11.1. The number of benzene rings is 2. The molecule has 1 nitrogen and oxygen atoms in total. The minimum absolute atomic E-state index is 0.229. The Hall–Kier alpha value is -1.54. The van der Waals surface area contributed by atoms with Crippen molar-refractivity contribution in [1.82, 2.24) is 0 Å². The Bertz CT molecular complexity index is 560. The average molecular weight is 256 g/mol. The number of fused-ring (bicyclic) bond motifs is 1. The predicted octanol–water partition coefficient (Wildman–Crippen LogP) is 4.81. The van der Waals surface area contributed by atoms with E-state index >= 15 is 0 Å². The van der Waals surface area contributed by atoms with E-state index in [2.05, 4.69) is 30.8 Å². The molecule has 0 aliphatic heterocycles. The summed E-state index contributed by atoms with van der Waals surface area (Å²) in [6.07, 6.45) is 4.27. The maximum absolute atomic E-state index is 11.8. The number of thioether (sulfide) groups is 1. The van der Waals surface area contributed by atoms with Crippen molar-refractivity contribution in [3.05, 3.63) is 55.1 Å². The monoisotopic (exact) mass is 256 g/mol. The largest absolute Gasteiger partial charge is 0.287 e. The van der Waals surface area contributed by atoms with Gasteiger partial charge in [0.15, 0.2) is 5.12 Å². The van der Waals surface area contributed by atoms with Crippen LogP contribution in [0.1, 0.15) is 19.3 Å². The third-order valence-electron chi connectivity index (χ3n) is 2.74. The fourth-order valence-electron chi connectivity index (χ4n) is 1.80. The highest BCUT2D eigenvalue weighted by Gasteiger charge is 2.04. The van der Waals surface area contributed by atoms with E-state index in [4.69, 9.17) is 0 Å². The molecule has 92 valence electrons. The molecule has 0 aromatic heterocycles. The smallest absolute Gasteiger partial charge is 0.193 e. The molecule has 2 aromatic rings. The van der Waals surface area contributed by atoms with Crippen LogP contribution < -0.4 is 0 Å². The Morgan fingerprint density at radius 2 is 1.94 bits per heavy atom. The summed E-state index contributed by atoms with van der Waals surface area (Å²) >= 11 is 1.34. The van der Waals surface area contributed by atoms with E-state index in [1.807, 2.05) is 24.3 Å². The molecule has 0 aliphatic carbocycles. The molecule has 0 amide bonds. The van der Waals surface area contributed by atoms with Crippen molar-refractivity contribution < 1.29 is 4.79 Å². The van der Waals surface area contributed by atoms with Crippen LogP contribution in [0.15, 0.2) is 60.0 Å². The summed E-state index contributed by atoms with van der Waals surface area (Å²) in [5.41, 5.74) is 0. The molecule has 0 atom stereocenters. The number of unbranched alkanes of at least 4 members (excludes halogenated alkanes) is 1. The quantitative estimate of drug-likeness (QED) is 0.433. The summed E-state index contributed by atoms with van der Waals surface area (Å²) in [5, 5.41) is 2.62. The summed E-state index contributed by atoms with van der Waals surface area (Å²) in [4.78, 5) is 12.8. The fraction of sp³-hybridized carbons (Fsp3) is 0.188. The van der Waals surface area contributed by atoms with E-state index in [0.717, 1.165) is 17.7 Å². The highest BCUT2D eigenvalue weighted by molar-refractivity contribution is 8.13. The maximum atomic E-state index is 11.8. The lowest BCUT2D eigenvalue weighted by Gasteiger charge is -2.02. The Kier molecular flexibility index (Phi) is 4.59. The first kappa shape index (κ1) is 12.9. The van der Waals surface area contributed by atoms with Gasteiger partial charge < -0.3 is 0 Å². The second-order valence-corrected chi connectivity index (χ2v) is 5.29. The van der Waals surface area contributed by atoms with Crippen LogP contribution in [0, 0.1) is 0 Å². The van der Waals surface area contributed by atoms with Crippen LogP contribution in [-0.2, 0) is 4.79 Å². The van der Waals surface area contributed by atoms with E-state index in [1.54, 1.807) is 0 Å². The minimum Gasteiger partial charge on any atom is -0.287 e. The van der Waals surface area contributed by atoms with Gasteiger partial charge in [0.05, 0.1) is 0 Å². The molecular formula is C16H16OS. The van der Waals surface area contributed by atoms with Crippen molar-refractivity contribution in [2.75, 3.05) is 0 Å². The van der Waals surface area contributed by atoms with Gasteiger partial charge in [-0.25, -0.2) is 0 Å². The van der Waals surface area contributed by atoms with E-state index in [0.29, 0.717) is 6.42 Å². The topological polar surface area (TPSA) is 17.1 Å². The second kappa shape index (κ2) is 6.41. The van der Waals surface area contributed by atoms with Crippen LogP contribution in [0.5, 0.6) is 0 Å². The van der Waals surface area contributed by atoms with Gasteiger partial charge in [-0.1, -0.05) is 48.2 Å². The average Bonchev–Trinajstić information content (AvgIpc) is 2.39. The van der Waals surface area contributed by atoms with E-state index in [-0.39, 0.29) is 5.12 Å². The first-order chi connectivity index (χ1) is 8.79. The standard InChI is InChI=1S/C16H16OS/c1-2-3-4-9-16(17)18-15-11-10-13-7-5-6-8-14(13)12-15/h2,5-8,10-12H,1,3-4,9H2. The van der Waals surface area contributed by atoms with Gasteiger partial charge in [0.1, 0.15) is 0 Å². The van der Waals surface area contributed by atoms with Crippen molar-refractivity contribution in [2.45, 2.75) is 24.2 Å². The SMILES string of the molecule is C=CCCCC(=O)Sc1ccc2ccccc2c1. The molecule has 0 saturated heterocycles. The van der Waals surface area contributed by atoms with Crippen molar-refractivity contribution in [1.29, 1.82) is 0 Å². The molecule has 0 unspecified atom stereocenters. The van der Waals surface area contributed by atoms with Gasteiger partial charge in [-0.2, -0.15) is 0 Å². The number of carbonyl (C=O) groups is 1. The van der Waals surface area contributed by atoms with Gasteiger partial charge in [0.25, 0.3) is 0 Å². The lowest BCUT2D eigenvalue weighted by molar-refractivity contribution is -0.111. The van der Waals surface area contributed by atoms with Crippen LogP contribution >= 0.6 is 11.8 Å². The highest BCUT2D eigenvalue weighted by atomic mass is 32.2. The summed E-state index contributed by atoms with van der Waals surface area (Å²) in [6, 6.07) is 14.3. The Morgan fingerprint density at radius 3 is 2.72 bits per heavy atom. The van der Waals surface area contributed by atoms with Crippen molar-refractivity contribution in [2.24, 2.45) is 0 Å². The molecule has 0 saturated carbocycles. The Morgan fingerprint density at radius 1 is 1.17 bits per heavy atom. The molecule has 0 aliphatic rings. The van der Waals surface area contributed by atoms with E-state index in [9.17, 15) is 4.79 Å². The summed E-state index contributed by atoms with van der Waals surface area (Å²) in [6.45, 7) is 3.66. The molecule has 0 heterocycles. The maximum Gasteiger partial charge on any atom is 0.193 e. The third-order valence-corrected chi connectivity index (χ3v) is 3.66. The van der Waals surface area contributed by atoms with E-state index < -0.39 is 0 Å². The molecule has 0 spiro atoms. The van der Waals surface area contributed by atoms with Crippen LogP contribution in [0.4, 0.5) is 0 Å². The van der Waals surface area contributed by atoms with Crippen LogP contribution in [-0.4, -0.2) is 5.12 Å². The number of hydrogen-bond acceptors (Lipinski definition) is 2. The van der Waals surface area contributed by atoms with Crippen molar-refractivity contribution in [3.8, 4) is 0 Å². The fourth-order valence-corrected chi connectivity index (χ4v) is 2.64. The molecule has 2 aromatic carbocycles. The minimum atomic E-state index is 0.229. The second-order valence-electron chi connectivity index (χ2n) is 4.16. The number of allylic oxidation sites excluding steroid dienone is 1. The van der Waals surface area contributed by atoms with Crippen molar-refractivity contribution >= 4 is 27.6 Å². The summed E-state index contributed by atoms with van der Waals surface area (Å²) in [7, 11) is 0. The zero-order valence-electron chi connectivity index (χ0n) is 10.3. The van der Waals surface area contributed by atoms with Crippen LogP contribution in [0.2, 0.25) is 0 Å². The molecule has 2 rings (SSSR count). The van der Waals surface area contributed by atoms with Gasteiger partial charge in [-0.3, -0.25) is 4.79 Å². The van der Waals surface area contributed by atoms with Gasteiger partial charge in [-0.15, -0.1) is 6.58 Å². The van der Waals surface area contributed by atoms with Crippen molar-refractivity contribution in [3.63, 3.8) is 0 Å². The highest BCUT2D eigenvalue weighted by Crippen LogP contribution is 2.25. The Balaban J connectivity index is 2.03. The first-order valence-corrected chi connectivity index (χ1v) is 6.91. The molecule has 18 heavy (non-hydrogen) atoms. The lowest BCUT2D eigenvalue weighted by Crippen LogP contribution is -1.90. The predicted molar refractivity (Wildman–Crippen MR) is 78.9 cm³/mol. The molecule has 0 radical (unpaired) electrons. The number of rotatable bonds is 5. The van der Waals surface area contributed by atoms with Gasteiger partial charge in [0, 0.05) is 11.3 Å². The molecule has 0 bridgehead atoms. The lowest BCUT2D eigenvalue weighted by atomic mass is 10.1. The van der Waals surface area contributed by atoms with Crippen LogP contribution in [0.3, 0.4) is 0 Å². The van der Waals surface area contributed by atoms with Gasteiger partial charge in [0.2, 0.25) is 0 Å². The molecule has 0 N–H and O–H groups in total. The summed E-state index contributed by atoms with van der Waals surface area (Å²) < 4.78 is 0. The molecular weight excluding hydrogens is 240 g/mol. The third kappa shape index (κ3) is 3.47. The molecule has 2 heteroatoms. The van der Waals surface area contributed by atoms with Gasteiger partial charge in [-0.05, 0) is 35.7 Å².